The normalized spacial score (nSPS) is 9.11. The molecule has 47 valence electrons. The molecule has 0 saturated heterocycles. The van der Waals surface area contributed by atoms with Gasteiger partial charge in [0.2, 0.25) is 12.2 Å². The van der Waals surface area contributed by atoms with Crippen LogP contribution in [0, 0.1) is 6.33 Å². The number of halogens is 1. The van der Waals surface area contributed by atoms with Gasteiger partial charge in [0.1, 0.15) is 5.02 Å². The molecule has 3 nitrogen and oxygen atoms in total. The molecule has 0 spiro atoms. The molecule has 0 aliphatic heterocycles. The van der Waals surface area contributed by atoms with Gasteiger partial charge in [-0.05, 0) is 0 Å². The molecule has 0 fully saturated rings. The number of aromatic nitrogens is 2. The van der Waals surface area contributed by atoms with Crippen molar-refractivity contribution < 1.29 is 4.74 Å². The minimum atomic E-state index is 0.353. The van der Waals surface area contributed by atoms with Crippen LogP contribution in [0.3, 0.4) is 0 Å². The Labute approximate surface area is 57.7 Å². The van der Waals surface area contributed by atoms with E-state index in [1.54, 1.807) is 0 Å². The van der Waals surface area contributed by atoms with Crippen molar-refractivity contribution in [2.75, 3.05) is 7.11 Å². The maximum absolute atomic E-state index is 5.55. The average Bonchev–Trinajstić information content (AvgIpc) is 1.89. The van der Waals surface area contributed by atoms with Gasteiger partial charge in [-0.25, -0.2) is 4.98 Å². The van der Waals surface area contributed by atoms with Gasteiger partial charge in [-0.15, -0.1) is 0 Å². The fourth-order valence-electron chi connectivity index (χ4n) is 0.412. The second kappa shape index (κ2) is 2.64. The van der Waals surface area contributed by atoms with Crippen molar-refractivity contribution in [1.82, 2.24) is 9.97 Å². The minimum Gasteiger partial charge on any atom is -0.480 e. The van der Waals surface area contributed by atoms with E-state index >= 15 is 0 Å². The van der Waals surface area contributed by atoms with Gasteiger partial charge in [-0.1, -0.05) is 11.6 Å². The molecule has 1 rings (SSSR count). The number of rotatable bonds is 1. The van der Waals surface area contributed by atoms with Gasteiger partial charge in [0.25, 0.3) is 0 Å². The Balaban J connectivity index is 3.01. The highest BCUT2D eigenvalue weighted by Crippen LogP contribution is 2.16. The standard InChI is InChI=1S/C5H4ClN2O/c1-9-5-4(6)2-7-3-8-5/h2H,1H3. The molecule has 0 aromatic carbocycles. The van der Waals surface area contributed by atoms with Gasteiger partial charge in [0.15, 0.2) is 0 Å². The summed E-state index contributed by atoms with van der Waals surface area (Å²) in [6.07, 6.45) is 3.77. The van der Waals surface area contributed by atoms with E-state index in [2.05, 4.69) is 16.3 Å². The monoisotopic (exact) mass is 143 g/mol. The lowest BCUT2D eigenvalue weighted by atomic mass is 10.6. The van der Waals surface area contributed by atoms with E-state index in [4.69, 9.17) is 16.3 Å². The van der Waals surface area contributed by atoms with Crippen molar-refractivity contribution in [3.05, 3.63) is 17.5 Å². The molecule has 1 aromatic heterocycles. The number of hydrogen-bond acceptors (Lipinski definition) is 3. The predicted octanol–water partition coefficient (Wildman–Crippen LogP) is 0.939. The topological polar surface area (TPSA) is 35.0 Å². The summed E-state index contributed by atoms with van der Waals surface area (Å²) in [5.74, 6) is 0.353. The lowest BCUT2D eigenvalue weighted by molar-refractivity contribution is 0.396. The first kappa shape index (κ1) is 6.29. The maximum Gasteiger partial charge on any atom is 0.236 e. The highest BCUT2D eigenvalue weighted by atomic mass is 35.5. The Morgan fingerprint density at radius 3 is 3.00 bits per heavy atom. The smallest absolute Gasteiger partial charge is 0.236 e. The number of nitrogens with zero attached hydrogens (tertiary/aromatic N) is 2. The molecule has 1 heterocycles. The van der Waals surface area contributed by atoms with Crippen LogP contribution in [0.25, 0.3) is 0 Å². The fourth-order valence-corrected chi connectivity index (χ4v) is 0.580. The molecule has 0 amide bonds. The van der Waals surface area contributed by atoms with Gasteiger partial charge in [0, 0.05) is 0 Å². The highest BCUT2D eigenvalue weighted by molar-refractivity contribution is 6.31. The van der Waals surface area contributed by atoms with E-state index in [9.17, 15) is 0 Å². The van der Waals surface area contributed by atoms with Crippen LogP contribution < -0.4 is 4.74 Å². The third-order valence-corrected chi connectivity index (χ3v) is 1.04. The first-order chi connectivity index (χ1) is 4.34. The van der Waals surface area contributed by atoms with Crippen LogP contribution in [-0.2, 0) is 0 Å². The van der Waals surface area contributed by atoms with Crippen molar-refractivity contribution in [2.45, 2.75) is 0 Å². The summed E-state index contributed by atoms with van der Waals surface area (Å²) in [5, 5.41) is 0.399. The van der Waals surface area contributed by atoms with Gasteiger partial charge in [0.05, 0.1) is 13.3 Å². The molecule has 0 bridgehead atoms. The minimum absolute atomic E-state index is 0.353. The molecule has 0 unspecified atom stereocenters. The predicted molar refractivity (Wildman–Crippen MR) is 32.4 cm³/mol. The molecular weight excluding hydrogens is 140 g/mol. The van der Waals surface area contributed by atoms with Crippen LogP contribution in [0.15, 0.2) is 6.20 Å². The third kappa shape index (κ3) is 1.29. The van der Waals surface area contributed by atoms with E-state index in [1.165, 1.54) is 13.3 Å². The van der Waals surface area contributed by atoms with Gasteiger partial charge in [-0.3, -0.25) is 0 Å². The quantitative estimate of drug-likeness (QED) is 0.587. The Morgan fingerprint density at radius 1 is 1.78 bits per heavy atom. The van der Waals surface area contributed by atoms with E-state index in [1.807, 2.05) is 0 Å². The van der Waals surface area contributed by atoms with Gasteiger partial charge in [-0.2, -0.15) is 4.98 Å². The van der Waals surface area contributed by atoms with E-state index in [0.29, 0.717) is 10.9 Å². The Bertz CT molecular complexity index is 204. The van der Waals surface area contributed by atoms with Crippen molar-refractivity contribution in [3.63, 3.8) is 0 Å². The summed E-state index contributed by atoms with van der Waals surface area (Å²) < 4.78 is 4.73. The van der Waals surface area contributed by atoms with Crippen LogP contribution in [0.1, 0.15) is 0 Å². The lowest BCUT2D eigenvalue weighted by Gasteiger charge is -1.95. The zero-order chi connectivity index (χ0) is 6.69. The maximum atomic E-state index is 5.55. The number of hydrogen-bond donors (Lipinski definition) is 0. The van der Waals surface area contributed by atoms with E-state index in [0.717, 1.165) is 0 Å². The molecule has 0 aliphatic rings. The van der Waals surface area contributed by atoms with Crippen molar-refractivity contribution in [1.29, 1.82) is 0 Å². The van der Waals surface area contributed by atoms with Crippen LogP contribution >= 0.6 is 11.6 Å². The molecule has 0 aliphatic carbocycles. The van der Waals surface area contributed by atoms with Gasteiger partial charge >= 0.3 is 0 Å². The van der Waals surface area contributed by atoms with Gasteiger partial charge < -0.3 is 4.74 Å². The van der Waals surface area contributed by atoms with Crippen molar-refractivity contribution in [3.8, 4) is 5.88 Å². The van der Waals surface area contributed by atoms with Crippen LogP contribution in [0.4, 0.5) is 0 Å². The Morgan fingerprint density at radius 2 is 2.56 bits per heavy atom. The summed E-state index contributed by atoms with van der Waals surface area (Å²) in [7, 11) is 1.49. The highest BCUT2D eigenvalue weighted by Gasteiger charge is 1.97. The molecule has 0 N–H and O–H groups in total. The first-order valence-corrected chi connectivity index (χ1v) is 2.65. The molecule has 1 aromatic rings. The summed E-state index contributed by atoms with van der Waals surface area (Å²) in [6, 6.07) is 0. The molecule has 4 heteroatoms. The van der Waals surface area contributed by atoms with Crippen molar-refractivity contribution in [2.24, 2.45) is 0 Å². The molecule has 0 atom stereocenters. The van der Waals surface area contributed by atoms with Crippen molar-refractivity contribution >= 4 is 11.6 Å². The largest absolute Gasteiger partial charge is 0.480 e. The Hall–Kier alpha value is -0.830. The van der Waals surface area contributed by atoms with Crippen LogP contribution in [0.2, 0.25) is 5.02 Å². The number of methoxy groups -OCH3 is 1. The second-order valence-corrected chi connectivity index (χ2v) is 1.73. The summed E-state index contributed by atoms with van der Waals surface area (Å²) in [6.45, 7) is 0. The van der Waals surface area contributed by atoms with E-state index < -0.39 is 0 Å². The zero-order valence-electron chi connectivity index (χ0n) is 4.76. The fraction of sp³-hybridized carbons (Fsp3) is 0.200. The Kier molecular flexibility index (Phi) is 1.85. The van der Waals surface area contributed by atoms with Crippen LogP contribution in [0.5, 0.6) is 5.88 Å². The second-order valence-electron chi connectivity index (χ2n) is 1.33. The molecular formula is C5H4ClN2O. The summed E-state index contributed by atoms with van der Waals surface area (Å²) >= 11 is 5.55. The molecule has 1 radical (unpaired) electrons. The zero-order valence-corrected chi connectivity index (χ0v) is 5.51. The van der Waals surface area contributed by atoms with Crippen LogP contribution in [-0.4, -0.2) is 17.1 Å². The lowest BCUT2D eigenvalue weighted by Crippen LogP contribution is -1.88. The first-order valence-electron chi connectivity index (χ1n) is 2.27. The number of ether oxygens (including phenoxy) is 1. The summed E-state index contributed by atoms with van der Waals surface area (Å²) in [4.78, 5) is 7.15. The third-order valence-electron chi connectivity index (χ3n) is 0.785. The summed E-state index contributed by atoms with van der Waals surface area (Å²) in [5.41, 5.74) is 0. The SMILES string of the molecule is COc1n[c]ncc1Cl. The van der Waals surface area contributed by atoms with E-state index in [-0.39, 0.29) is 0 Å². The average molecular weight is 144 g/mol. The molecule has 9 heavy (non-hydrogen) atoms. The molecule has 0 saturated carbocycles.